The van der Waals surface area contributed by atoms with Crippen molar-refractivity contribution in [2.45, 2.75) is 79.3 Å². The Morgan fingerprint density at radius 2 is 1.04 bits per heavy atom. The van der Waals surface area contributed by atoms with Crippen LogP contribution in [0.3, 0.4) is 0 Å². The zero-order valence-electron chi connectivity index (χ0n) is 17.5. The maximum absolute atomic E-state index is 2.89. The number of fused-ring (bicyclic) bond motifs is 4. The van der Waals surface area contributed by atoms with Gasteiger partial charge in [-0.3, -0.25) is 9.80 Å². The van der Waals surface area contributed by atoms with Crippen molar-refractivity contribution in [3.63, 3.8) is 0 Å². The molecule has 0 aromatic rings. The monoisotopic (exact) mass is 344 g/mol. The predicted molar refractivity (Wildman–Crippen MR) is 104 cm³/mol. The van der Waals surface area contributed by atoms with E-state index in [9.17, 15) is 0 Å². The molecule has 7 aliphatic rings. The van der Waals surface area contributed by atoms with Gasteiger partial charge in [0.25, 0.3) is 0 Å². The van der Waals surface area contributed by atoms with E-state index in [0.717, 1.165) is 47.6 Å². The molecule has 142 valence electrons. The van der Waals surface area contributed by atoms with Gasteiger partial charge in [0.2, 0.25) is 0 Å². The molecule has 1 aliphatic heterocycles. The van der Waals surface area contributed by atoms with Gasteiger partial charge in [0.15, 0.2) is 0 Å². The second kappa shape index (κ2) is 5.25. The van der Waals surface area contributed by atoms with Crippen LogP contribution in [0.5, 0.6) is 0 Å². The topological polar surface area (TPSA) is 6.48 Å². The Morgan fingerprint density at radius 3 is 1.36 bits per heavy atom. The molecule has 0 aromatic carbocycles. The lowest BCUT2D eigenvalue weighted by atomic mass is 9.44. The zero-order valence-corrected chi connectivity index (χ0v) is 17.5. The first-order valence-electron chi connectivity index (χ1n) is 11.2. The van der Waals surface area contributed by atoms with E-state index in [2.05, 4.69) is 51.3 Å². The summed E-state index contributed by atoms with van der Waals surface area (Å²) >= 11 is 0. The van der Waals surface area contributed by atoms with E-state index in [0.29, 0.717) is 10.8 Å². The van der Waals surface area contributed by atoms with Gasteiger partial charge in [0.1, 0.15) is 0 Å². The summed E-state index contributed by atoms with van der Waals surface area (Å²) in [5, 5.41) is 0. The summed E-state index contributed by atoms with van der Waals surface area (Å²) in [6.07, 6.45) is 5.97. The van der Waals surface area contributed by atoms with Crippen molar-refractivity contribution >= 4 is 0 Å². The van der Waals surface area contributed by atoms with Gasteiger partial charge in [-0.2, -0.15) is 0 Å². The minimum atomic E-state index is 0.625. The Bertz CT molecular complexity index is 504. The molecule has 4 bridgehead atoms. The van der Waals surface area contributed by atoms with Gasteiger partial charge < -0.3 is 0 Å². The van der Waals surface area contributed by atoms with Crippen LogP contribution in [0.4, 0.5) is 0 Å². The first kappa shape index (κ1) is 17.0. The summed E-state index contributed by atoms with van der Waals surface area (Å²) < 4.78 is 0. The van der Waals surface area contributed by atoms with Crippen molar-refractivity contribution in [3.8, 4) is 0 Å². The third-order valence-electron chi connectivity index (χ3n) is 10.6. The van der Waals surface area contributed by atoms with Crippen LogP contribution in [0, 0.1) is 46.3 Å². The second-order valence-electron chi connectivity index (χ2n) is 11.8. The van der Waals surface area contributed by atoms with Crippen LogP contribution in [-0.2, 0) is 0 Å². The molecule has 0 spiro atoms. The van der Waals surface area contributed by atoms with Crippen LogP contribution in [0.1, 0.15) is 67.2 Å². The Morgan fingerprint density at radius 1 is 0.640 bits per heavy atom. The molecule has 6 aliphatic carbocycles. The van der Waals surface area contributed by atoms with Crippen LogP contribution < -0.4 is 0 Å². The maximum Gasteiger partial charge on any atom is 0.0512 e. The van der Waals surface area contributed by atoms with Crippen LogP contribution in [0.15, 0.2) is 0 Å². The Hall–Kier alpha value is -0.0800. The molecule has 2 heteroatoms. The Kier molecular flexibility index (Phi) is 3.58. The van der Waals surface area contributed by atoms with Crippen molar-refractivity contribution in [2.75, 3.05) is 19.8 Å². The van der Waals surface area contributed by atoms with Crippen molar-refractivity contribution < 1.29 is 0 Å². The summed E-state index contributed by atoms with van der Waals surface area (Å²) in [6.45, 7) is 19.2. The first-order chi connectivity index (χ1) is 11.7. The van der Waals surface area contributed by atoms with Gasteiger partial charge in [-0.15, -0.1) is 0 Å². The van der Waals surface area contributed by atoms with E-state index in [1.165, 1.54) is 45.4 Å². The van der Waals surface area contributed by atoms with Gasteiger partial charge in [-0.25, -0.2) is 0 Å². The molecule has 0 amide bonds. The fourth-order valence-corrected chi connectivity index (χ4v) is 8.38. The minimum absolute atomic E-state index is 0.625. The number of rotatable bonds is 2. The second-order valence-corrected chi connectivity index (χ2v) is 11.8. The van der Waals surface area contributed by atoms with Crippen LogP contribution >= 0.6 is 0 Å². The van der Waals surface area contributed by atoms with Crippen LogP contribution in [0.2, 0.25) is 0 Å². The average molecular weight is 345 g/mol. The fraction of sp³-hybridized carbons (Fsp3) is 1.00. The molecule has 6 saturated carbocycles. The van der Waals surface area contributed by atoms with Crippen LogP contribution in [0.25, 0.3) is 0 Å². The SMILES string of the molecule is C[C@@H]1C(N2CCN(C3C[C@H]4C[C@@H]([C@@H]3C)C4(C)C)C2)C[C@H]2C[C@@H]1C2(C)C. The summed E-state index contributed by atoms with van der Waals surface area (Å²) in [6, 6.07) is 1.73. The van der Waals surface area contributed by atoms with E-state index in [4.69, 9.17) is 0 Å². The molecule has 0 N–H and O–H groups in total. The molecule has 2 nitrogen and oxygen atoms in total. The van der Waals surface area contributed by atoms with E-state index in [1.807, 2.05) is 0 Å². The average Bonchev–Trinajstić information content (AvgIpc) is 3.03. The van der Waals surface area contributed by atoms with E-state index < -0.39 is 0 Å². The van der Waals surface area contributed by atoms with Crippen molar-refractivity contribution in [1.82, 2.24) is 9.80 Å². The van der Waals surface area contributed by atoms with E-state index >= 15 is 0 Å². The maximum atomic E-state index is 2.89. The van der Waals surface area contributed by atoms with Gasteiger partial charge in [0.05, 0.1) is 6.67 Å². The number of nitrogens with zero attached hydrogens (tertiary/aromatic N) is 2. The van der Waals surface area contributed by atoms with Crippen molar-refractivity contribution in [3.05, 3.63) is 0 Å². The van der Waals surface area contributed by atoms with E-state index in [-0.39, 0.29) is 0 Å². The molecule has 2 unspecified atom stereocenters. The summed E-state index contributed by atoms with van der Waals surface area (Å²) in [7, 11) is 0. The highest BCUT2D eigenvalue weighted by molar-refractivity contribution is 5.10. The Labute approximate surface area is 155 Å². The third-order valence-corrected chi connectivity index (χ3v) is 10.6. The summed E-state index contributed by atoms with van der Waals surface area (Å²) in [5.74, 6) is 5.75. The molecular formula is C23H40N2. The standard InChI is InChI=1S/C23H40N2/c1-14-18-9-16(22(18,3)4)11-20(14)24-7-8-25(13-24)21-12-17-10-19(15(21)2)23(17,5)6/h14-21H,7-13H2,1-6H3/t14-,15-,16+,17+,18-,19-,20?,21?/m0/s1. The molecule has 8 atom stereocenters. The smallest absolute Gasteiger partial charge is 0.0512 e. The predicted octanol–water partition coefficient (Wildman–Crippen LogP) is 4.70. The fourth-order valence-electron chi connectivity index (χ4n) is 8.38. The lowest BCUT2D eigenvalue weighted by Gasteiger charge is -2.64. The van der Waals surface area contributed by atoms with E-state index in [1.54, 1.807) is 0 Å². The lowest BCUT2D eigenvalue weighted by molar-refractivity contribution is -0.147. The van der Waals surface area contributed by atoms with Crippen molar-refractivity contribution in [1.29, 1.82) is 0 Å². The lowest BCUT2D eigenvalue weighted by Crippen LogP contribution is -2.62. The number of hydrogen-bond acceptors (Lipinski definition) is 2. The molecule has 7 fully saturated rings. The highest BCUT2D eigenvalue weighted by Gasteiger charge is 2.59. The van der Waals surface area contributed by atoms with Gasteiger partial charge in [-0.05, 0) is 72.0 Å². The molecule has 25 heavy (non-hydrogen) atoms. The van der Waals surface area contributed by atoms with Gasteiger partial charge in [-0.1, -0.05) is 41.5 Å². The first-order valence-corrected chi connectivity index (χ1v) is 11.2. The number of hydrogen-bond donors (Lipinski definition) is 0. The molecule has 1 saturated heterocycles. The molecule has 7 rings (SSSR count). The van der Waals surface area contributed by atoms with Gasteiger partial charge in [0, 0.05) is 25.2 Å². The Balaban J connectivity index is 1.24. The quantitative estimate of drug-likeness (QED) is 0.716. The molecular weight excluding hydrogens is 304 g/mol. The highest BCUT2D eigenvalue weighted by atomic mass is 15.4. The van der Waals surface area contributed by atoms with Gasteiger partial charge >= 0.3 is 0 Å². The molecule has 1 heterocycles. The zero-order chi connectivity index (χ0) is 17.7. The highest BCUT2D eigenvalue weighted by Crippen LogP contribution is 2.63. The largest absolute Gasteiger partial charge is 0.286 e. The summed E-state index contributed by atoms with van der Waals surface area (Å²) in [4.78, 5) is 5.77. The third kappa shape index (κ3) is 2.16. The summed E-state index contributed by atoms with van der Waals surface area (Å²) in [5.41, 5.74) is 1.25. The van der Waals surface area contributed by atoms with Crippen LogP contribution in [-0.4, -0.2) is 41.6 Å². The minimum Gasteiger partial charge on any atom is -0.286 e. The normalized spacial score (nSPS) is 54.0. The molecule has 0 radical (unpaired) electrons. The van der Waals surface area contributed by atoms with Crippen molar-refractivity contribution in [2.24, 2.45) is 46.3 Å². The molecule has 0 aromatic heterocycles.